The summed E-state index contributed by atoms with van der Waals surface area (Å²) in [5.41, 5.74) is 0.900. The summed E-state index contributed by atoms with van der Waals surface area (Å²) in [6, 6.07) is 7.59. The number of hydrogen-bond acceptors (Lipinski definition) is 6. The summed E-state index contributed by atoms with van der Waals surface area (Å²) in [7, 11) is 3.23. The number of rotatable bonds is 6. The minimum atomic E-state index is -0.407. The van der Waals surface area contributed by atoms with Crippen molar-refractivity contribution in [3.63, 3.8) is 0 Å². The van der Waals surface area contributed by atoms with Crippen molar-refractivity contribution in [3.05, 3.63) is 60.3 Å². The van der Waals surface area contributed by atoms with E-state index in [1.54, 1.807) is 26.7 Å². The predicted octanol–water partition coefficient (Wildman–Crippen LogP) is 2.06. The Morgan fingerprint density at radius 1 is 1.32 bits per heavy atom. The van der Waals surface area contributed by atoms with E-state index in [1.165, 1.54) is 0 Å². The molecule has 0 aliphatic carbocycles. The first kappa shape index (κ1) is 14.3. The van der Waals surface area contributed by atoms with Gasteiger partial charge in [-0.3, -0.25) is 0 Å². The molecule has 0 spiro atoms. The minimum absolute atomic E-state index is 0.407. The van der Waals surface area contributed by atoms with E-state index >= 15 is 0 Å². The molecule has 114 valence electrons. The maximum atomic E-state index is 5.51. The largest absolute Gasteiger partial charge is 0.497 e. The summed E-state index contributed by atoms with van der Waals surface area (Å²) >= 11 is 0. The Bertz CT molecular complexity index is 724. The van der Waals surface area contributed by atoms with Crippen LogP contribution in [-0.2, 0) is 11.3 Å². The molecule has 0 bridgehead atoms. The van der Waals surface area contributed by atoms with Crippen molar-refractivity contribution in [2.45, 2.75) is 12.6 Å². The molecule has 0 saturated heterocycles. The van der Waals surface area contributed by atoms with Crippen LogP contribution in [0.5, 0.6) is 5.75 Å². The molecular formula is C15H16N4O3. The standard InChI is InChI=1S/C15H16N4O3/c1-20-12-5-3-4-11(8-12)14(21-2)15-17-13(22-18-15)9-19-7-6-16-10-19/h3-8,10,14H,9H2,1-2H3. The van der Waals surface area contributed by atoms with Crippen LogP contribution in [-0.4, -0.2) is 33.9 Å². The van der Waals surface area contributed by atoms with Gasteiger partial charge in [0.05, 0.1) is 13.4 Å². The monoisotopic (exact) mass is 300 g/mol. The van der Waals surface area contributed by atoms with Crippen LogP contribution in [0, 0.1) is 0 Å². The summed E-state index contributed by atoms with van der Waals surface area (Å²) in [6.45, 7) is 0.474. The highest BCUT2D eigenvalue weighted by Gasteiger charge is 2.20. The summed E-state index contributed by atoms with van der Waals surface area (Å²) in [5, 5.41) is 4.01. The van der Waals surface area contributed by atoms with Crippen LogP contribution in [0.3, 0.4) is 0 Å². The second kappa shape index (κ2) is 6.40. The molecule has 0 aliphatic rings. The SMILES string of the molecule is COc1cccc(C(OC)c2noc(Cn3ccnc3)n2)c1. The van der Waals surface area contributed by atoms with Crippen molar-refractivity contribution >= 4 is 0 Å². The first-order valence-electron chi connectivity index (χ1n) is 6.75. The molecule has 2 heterocycles. The third kappa shape index (κ3) is 2.99. The van der Waals surface area contributed by atoms with Gasteiger partial charge >= 0.3 is 0 Å². The van der Waals surface area contributed by atoms with Crippen molar-refractivity contribution < 1.29 is 14.0 Å². The lowest BCUT2D eigenvalue weighted by Crippen LogP contribution is -2.06. The zero-order valence-corrected chi connectivity index (χ0v) is 12.3. The molecule has 0 saturated carbocycles. The second-order valence-corrected chi connectivity index (χ2v) is 4.67. The van der Waals surface area contributed by atoms with Crippen LogP contribution in [0.15, 0.2) is 47.5 Å². The third-order valence-corrected chi connectivity index (χ3v) is 3.23. The van der Waals surface area contributed by atoms with E-state index in [9.17, 15) is 0 Å². The molecule has 3 aromatic rings. The Balaban J connectivity index is 1.83. The van der Waals surface area contributed by atoms with Gasteiger partial charge in [-0.1, -0.05) is 17.3 Å². The van der Waals surface area contributed by atoms with Crippen LogP contribution in [0.25, 0.3) is 0 Å². The average molecular weight is 300 g/mol. The molecule has 1 atom stereocenters. The highest BCUT2D eigenvalue weighted by atomic mass is 16.5. The molecule has 0 amide bonds. The fraction of sp³-hybridized carbons (Fsp3) is 0.267. The number of benzene rings is 1. The number of imidazole rings is 1. The maximum absolute atomic E-state index is 5.51. The fourth-order valence-electron chi connectivity index (χ4n) is 2.17. The van der Waals surface area contributed by atoms with E-state index in [1.807, 2.05) is 35.0 Å². The first-order valence-corrected chi connectivity index (χ1v) is 6.75. The molecule has 1 aromatic carbocycles. The van der Waals surface area contributed by atoms with E-state index in [0.29, 0.717) is 18.3 Å². The molecule has 7 nitrogen and oxygen atoms in total. The van der Waals surface area contributed by atoms with Crippen LogP contribution in [0.1, 0.15) is 23.4 Å². The van der Waals surface area contributed by atoms with E-state index in [4.69, 9.17) is 14.0 Å². The van der Waals surface area contributed by atoms with Gasteiger partial charge < -0.3 is 18.6 Å². The molecule has 1 unspecified atom stereocenters. The van der Waals surface area contributed by atoms with Gasteiger partial charge in [0.15, 0.2) is 0 Å². The molecular weight excluding hydrogens is 284 g/mol. The van der Waals surface area contributed by atoms with Gasteiger partial charge in [-0.15, -0.1) is 0 Å². The summed E-state index contributed by atoms with van der Waals surface area (Å²) in [6.07, 6.45) is 4.82. The van der Waals surface area contributed by atoms with Crippen LogP contribution in [0.2, 0.25) is 0 Å². The fourth-order valence-corrected chi connectivity index (χ4v) is 2.17. The highest BCUT2D eigenvalue weighted by Crippen LogP contribution is 2.26. The van der Waals surface area contributed by atoms with E-state index in [-0.39, 0.29) is 0 Å². The van der Waals surface area contributed by atoms with Gasteiger partial charge in [0.1, 0.15) is 18.4 Å². The van der Waals surface area contributed by atoms with Gasteiger partial charge in [0.2, 0.25) is 11.7 Å². The number of ether oxygens (including phenoxy) is 2. The summed E-state index contributed by atoms with van der Waals surface area (Å²) in [5.74, 6) is 1.73. The van der Waals surface area contributed by atoms with E-state index < -0.39 is 6.10 Å². The van der Waals surface area contributed by atoms with Crippen LogP contribution in [0.4, 0.5) is 0 Å². The Morgan fingerprint density at radius 2 is 2.23 bits per heavy atom. The second-order valence-electron chi connectivity index (χ2n) is 4.67. The quantitative estimate of drug-likeness (QED) is 0.693. The predicted molar refractivity (Wildman–Crippen MR) is 77.5 cm³/mol. The average Bonchev–Trinajstić information content (AvgIpc) is 3.21. The Labute approximate surface area is 127 Å². The zero-order valence-electron chi connectivity index (χ0n) is 12.3. The number of hydrogen-bond donors (Lipinski definition) is 0. The summed E-state index contributed by atoms with van der Waals surface area (Å²) in [4.78, 5) is 8.37. The molecule has 0 N–H and O–H groups in total. The zero-order chi connectivity index (χ0) is 15.4. The third-order valence-electron chi connectivity index (χ3n) is 3.23. The van der Waals surface area contributed by atoms with Crippen molar-refractivity contribution in [2.24, 2.45) is 0 Å². The van der Waals surface area contributed by atoms with Crippen molar-refractivity contribution in [1.82, 2.24) is 19.7 Å². The number of methoxy groups -OCH3 is 2. The Kier molecular flexibility index (Phi) is 4.15. The van der Waals surface area contributed by atoms with Crippen LogP contribution >= 0.6 is 0 Å². The lowest BCUT2D eigenvalue weighted by molar-refractivity contribution is 0.126. The number of aromatic nitrogens is 4. The van der Waals surface area contributed by atoms with Gasteiger partial charge in [-0.2, -0.15) is 4.98 Å². The lowest BCUT2D eigenvalue weighted by atomic mass is 10.1. The lowest BCUT2D eigenvalue weighted by Gasteiger charge is -2.12. The molecule has 2 aromatic heterocycles. The molecule has 0 radical (unpaired) electrons. The van der Waals surface area contributed by atoms with Gasteiger partial charge in [0, 0.05) is 19.5 Å². The normalized spacial score (nSPS) is 12.3. The van der Waals surface area contributed by atoms with Gasteiger partial charge in [0.25, 0.3) is 0 Å². The molecule has 22 heavy (non-hydrogen) atoms. The summed E-state index contributed by atoms with van der Waals surface area (Å²) < 4.78 is 17.9. The maximum Gasteiger partial charge on any atom is 0.246 e. The number of nitrogens with zero attached hydrogens (tertiary/aromatic N) is 4. The van der Waals surface area contributed by atoms with Gasteiger partial charge in [-0.05, 0) is 17.7 Å². The Hall–Kier alpha value is -2.67. The van der Waals surface area contributed by atoms with Crippen molar-refractivity contribution in [2.75, 3.05) is 14.2 Å². The van der Waals surface area contributed by atoms with E-state index in [0.717, 1.165) is 11.3 Å². The van der Waals surface area contributed by atoms with Crippen molar-refractivity contribution in [1.29, 1.82) is 0 Å². The molecule has 3 rings (SSSR count). The molecule has 7 heteroatoms. The van der Waals surface area contributed by atoms with Crippen LogP contribution < -0.4 is 4.74 Å². The smallest absolute Gasteiger partial charge is 0.246 e. The highest BCUT2D eigenvalue weighted by molar-refractivity contribution is 5.32. The Morgan fingerprint density at radius 3 is 2.95 bits per heavy atom. The van der Waals surface area contributed by atoms with Crippen molar-refractivity contribution in [3.8, 4) is 5.75 Å². The molecule has 0 aliphatic heterocycles. The van der Waals surface area contributed by atoms with Gasteiger partial charge in [-0.25, -0.2) is 4.98 Å². The minimum Gasteiger partial charge on any atom is -0.497 e. The topological polar surface area (TPSA) is 75.2 Å². The first-order chi connectivity index (χ1) is 10.8. The van der Waals surface area contributed by atoms with E-state index in [2.05, 4.69) is 15.1 Å². The molecule has 0 fully saturated rings.